The Hall–Kier alpha value is -4.33. The molecule has 0 aliphatic rings. The highest BCUT2D eigenvalue weighted by Gasteiger charge is 2.24. The molecule has 0 heterocycles. The van der Waals surface area contributed by atoms with Crippen LogP contribution in [0.3, 0.4) is 0 Å². The van der Waals surface area contributed by atoms with Crippen molar-refractivity contribution >= 4 is 63.3 Å². The Bertz CT molecular complexity index is 2320. The lowest BCUT2D eigenvalue weighted by molar-refractivity contribution is 0.481. The van der Waals surface area contributed by atoms with Crippen molar-refractivity contribution < 1.29 is 25.9 Å². The summed E-state index contributed by atoms with van der Waals surface area (Å²) in [7, 11) is -9.32. The van der Waals surface area contributed by atoms with E-state index in [0.717, 1.165) is 26.9 Å². The highest BCUT2D eigenvalue weighted by Crippen LogP contribution is 2.37. The number of benzene rings is 6. The van der Waals surface area contributed by atoms with Gasteiger partial charge in [0, 0.05) is 5.39 Å². The molecule has 0 fully saturated rings. The second kappa shape index (κ2) is 9.11. The molecule has 0 saturated heterocycles. The third kappa shape index (κ3) is 4.28. The maximum atomic E-state index is 12.4. The summed E-state index contributed by atoms with van der Waals surface area (Å²) >= 11 is 0. The Morgan fingerprint density at radius 2 is 1.10 bits per heavy atom. The fourth-order valence-corrected chi connectivity index (χ4v) is 7.19. The smallest absolute Gasteiger partial charge is 0.282 e. The van der Waals surface area contributed by atoms with Gasteiger partial charge in [0.25, 0.3) is 20.2 Å². The van der Waals surface area contributed by atoms with Gasteiger partial charge in [-0.1, -0.05) is 48.5 Å². The van der Waals surface area contributed by atoms with E-state index in [1.54, 1.807) is 31.2 Å². The van der Waals surface area contributed by atoms with Crippen molar-refractivity contribution in [2.24, 2.45) is 0 Å². The van der Waals surface area contributed by atoms with E-state index in [0.29, 0.717) is 27.5 Å². The average Bonchev–Trinajstić information content (AvgIpc) is 2.91. The molecule has 6 aromatic rings. The van der Waals surface area contributed by atoms with Gasteiger partial charge in [0.15, 0.2) is 0 Å². The molecular weight excluding hydrogens is 546 g/mol. The maximum Gasteiger partial charge on any atom is 0.296 e. The van der Waals surface area contributed by atoms with Gasteiger partial charge in [0.05, 0.1) is 10.5 Å². The number of nitriles is 1. The van der Waals surface area contributed by atoms with Gasteiger partial charge in [0.2, 0.25) is 0 Å². The summed E-state index contributed by atoms with van der Waals surface area (Å²) in [6.45, 7) is 1.64. The first kappa shape index (κ1) is 25.9. The SMILES string of the molecule is Cc1c(S(=O)(=O)O)cc(Cc2cc(C#N)c(S(=O)(=O)O)c3cc4ccccc4cc23)c2cc3ccccc3cc12. The molecule has 0 aliphatic carbocycles. The molecule has 6 aromatic carbocycles. The summed E-state index contributed by atoms with van der Waals surface area (Å²) in [5.74, 6) is 0. The summed E-state index contributed by atoms with van der Waals surface area (Å²) in [4.78, 5) is -0.701. The van der Waals surface area contributed by atoms with Crippen LogP contribution in [0.2, 0.25) is 0 Å². The zero-order valence-electron chi connectivity index (χ0n) is 21.1. The highest BCUT2D eigenvalue weighted by atomic mass is 32.2. The van der Waals surface area contributed by atoms with Crippen LogP contribution in [-0.2, 0) is 26.7 Å². The summed E-state index contributed by atoms with van der Waals surface area (Å²) in [6, 6.07) is 27.0. The lowest BCUT2D eigenvalue weighted by atomic mass is 9.90. The Labute approximate surface area is 230 Å². The van der Waals surface area contributed by atoms with Crippen LogP contribution in [0, 0.1) is 18.3 Å². The van der Waals surface area contributed by atoms with Crippen molar-refractivity contribution in [3.8, 4) is 6.07 Å². The average molecular weight is 568 g/mol. The van der Waals surface area contributed by atoms with Gasteiger partial charge in [-0.15, -0.1) is 0 Å². The molecule has 7 nitrogen and oxygen atoms in total. The molecule has 6 rings (SSSR count). The van der Waals surface area contributed by atoms with E-state index in [-0.39, 0.29) is 22.3 Å². The molecule has 0 saturated carbocycles. The van der Waals surface area contributed by atoms with Crippen molar-refractivity contribution in [3.05, 3.63) is 107 Å². The number of hydrogen-bond donors (Lipinski definition) is 2. The maximum absolute atomic E-state index is 12.4. The van der Waals surface area contributed by atoms with E-state index in [4.69, 9.17) is 0 Å². The van der Waals surface area contributed by atoms with Crippen LogP contribution < -0.4 is 0 Å². The molecule has 2 N–H and O–H groups in total. The van der Waals surface area contributed by atoms with Crippen molar-refractivity contribution in [1.82, 2.24) is 0 Å². The Morgan fingerprint density at radius 3 is 1.57 bits per heavy atom. The molecule has 0 aliphatic heterocycles. The Balaban J connectivity index is 1.73. The Kier molecular flexibility index (Phi) is 5.91. The standard InChI is InChI=1S/C31H21NO6S2/c1-18-26-12-19-6-2-3-7-20(19)13-27(26)24(16-30(18)39(33,34)35)10-23-11-25(17-32)31(40(36,37)38)29-15-22-9-5-4-8-21(22)14-28(23)29/h2-9,11-16H,10H2,1H3,(H,33,34,35)(H,36,37,38). The van der Waals surface area contributed by atoms with Gasteiger partial charge in [-0.3, -0.25) is 9.11 Å². The molecule has 0 radical (unpaired) electrons. The zero-order chi connectivity index (χ0) is 28.4. The van der Waals surface area contributed by atoms with Crippen LogP contribution in [0.5, 0.6) is 0 Å². The van der Waals surface area contributed by atoms with E-state index in [1.165, 1.54) is 12.1 Å². The van der Waals surface area contributed by atoms with Crippen LogP contribution in [0.1, 0.15) is 22.3 Å². The number of nitrogens with zero attached hydrogens (tertiary/aromatic N) is 1. The molecular formula is C31H21NO6S2. The van der Waals surface area contributed by atoms with E-state index in [9.17, 15) is 31.2 Å². The summed E-state index contributed by atoms with van der Waals surface area (Å²) < 4.78 is 69.8. The highest BCUT2D eigenvalue weighted by molar-refractivity contribution is 7.86. The van der Waals surface area contributed by atoms with E-state index < -0.39 is 25.1 Å². The molecule has 9 heteroatoms. The van der Waals surface area contributed by atoms with Crippen molar-refractivity contribution in [2.45, 2.75) is 23.1 Å². The normalized spacial score (nSPS) is 12.3. The third-order valence-corrected chi connectivity index (χ3v) is 9.32. The van der Waals surface area contributed by atoms with E-state index in [1.807, 2.05) is 54.6 Å². The summed E-state index contributed by atoms with van der Waals surface area (Å²) in [6.07, 6.45) is 0.118. The lowest BCUT2D eigenvalue weighted by Gasteiger charge is -2.17. The van der Waals surface area contributed by atoms with Crippen LogP contribution in [-0.4, -0.2) is 25.9 Å². The first-order chi connectivity index (χ1) is 19.0. The third-order valence-electron chi connectivity index (χ3n) is 7.39. The van der Waals surface area contributed by atoms with Gasteiger partial charge < -0.3 is 0 Å². The topological polar surface area (TPSA) is 133 Å². The minimum absolute atomic E-state index is 0.118. The summed E-state index contributed by atoms with van der Waals surface area (Å²) in [5, 5.41) is 15.4. The molecule has 198 valence electrons. The fraction of sp³-hybridized carbons (Fsp3) is 0.0645. The molecule has 40 heavy (non-hydrogen) atoms. The molecule has 0 unspecified atom stereocenters. The first-order valence-electron chi connectivity index (χ1n) is 12.2. The van der Waals surface area contributed by atoms with Gasteiger partial charge >= 0.3 is 0 Å². The van der Waals surface area contributed by atoms with E-state index >= 15 is 0 Å². The number of aryl methyl sites for hydroxylation is 1. The lowest BCUT2D eigenvalue weighted by Crippen LogP contribution is -2.06. The molecule has 0 aromatic heterocycles. The minimum Gasteiger partial charge on any atom is -0.282 e. The molecule has 0 spiro atoms. The Morgan fingerprint density at radius 1 is 0.650 bits per heavy atom. The second-order valence-electron chi connectivity index (χ2n) is 9.80. The molecule has 0 atom stereocenters. The van der Waals surface area contributed by atoms with Crippen molar-refractivity contribution in [2.75, 3.05) is 0 Å². The van der Waals surface area contributed by atoms with Gasteiger partial charge in [-0.25, -0.2) is 0 Å². The predicted molar refractivity (Wildman–Crippen MR) is 155 cm³/mol. The molecule has 0 bridgehead atoms. The quantitative estimate of drug-likeness (QED) is 0.182. The number of fused-ring (bicyclic) bond motifs is 4. The number of hydrogen-bond acceptors (Lipinski definition) is 5. The zero-order valence-corrected chi connectivity index (χ0v) is 22.7. The van der Waals surface area contributed by atoms with Gasteiger partial charge in [-0.05, 0) is 104 Å². The van der Waals surface area contributed by atoms with Crippen LogP contribution in [0.15, 0.2) is 94.7 Å². The predicted octanol–water partition coefficient (Wildman–Crippen LogP) is 6.56. The van der Waals surface area contributed by atoms with Crippen LogP contribution in [0.4, 0.5) is 0 Å². The van der Waals surface area contributed by atoms with Crippen molar-refractivity contribution in [1.29, 1.82) is 5.26 Å². The van der Waals surface area contributed by atoms with Crippen LogP contribution in [0.25, 0.3) is 43.1 Å². The second-order valence-corrected chi connectivity index (χ2v) is 12.5. The monoisotopic (exact) mass is 567 g/mol. The fourth-order valence-electron chi connectivity index (χ4n) is 5.58. The van der Waals surface area contributed by atoms with Gasteiger partial charge in [-0.2, -0.15) is 22.1 Å². The first-order valence-corrected chi connectivity index (χ1v) is 15.1. The number of rotatable bonds is 4. The minimum atomic E-state index is -4.76. The van der Waals surface area contributed by atoms with Crippen molar-refractivity contribution in [3.63, 3.8) is 0 Å². The molecule has 0 amide bonds. The summed E-state index contributed by atoms with van der Waals surface area (Å²) in [5.41, 5.74) is 1.31. The van der Waals surface area contributed by atoms with E-state index in [2.05, 4.69) is 0 Å². The largest absolute Gasteiger partial charge is 0.296 e. The van der Waals surface area contributed by atoms with Gasteiger partial charge in [0.1, 0.15) is 11.0 Å². The van der Waals surface area contributed by atoms with Crippen LogP contribution >= 0.6 is 0 Å².